The Kier molecular flexibility index (Phi) is 5.34. The van der Waals surface area contributed by atoms with Crippen LogP contribution < -0.4 is 10.1 Å². The molecule has 0 spiro atoms. The van der Waals surface area contributed by atoms with E-state index in [2.05, 4.69) is 27.6 Å². The first-order valence-corrected chi connectivity index (χ1v) is 10.1. The number of para-hydroxylation sites is 1. The number of carbonyl (C=O) groups is 1. The van der Waals surface area contributed by atoms with Crippen molar-refractivity contribution in [1.29, 1.82) is 0 Å². The summed E-state index contributed by atoms with van der Waals surface area (Å²) in [6.45, 7) is 0.659. The zero-order valence-corrected chi connectivity index (χ0v) is 16.4. The standard InChI is InChI=1S/C21H21N3O3S/c1-26-17-10-6-5-9-16(17)19-23-24-20(27-19)28-13-18(25)22-14-21(11-12-21)15-7-3-2-4-8-15/h2-10H,11-14H2,1H3,(H,22,25). The number of amides is 1. The molecule has 0 bridgehead atoms. The van der Waals surface area contributed by atoms with Gasteiger partial charge < -0.3 is 14.5 Å². The van der Waals surface area contributed by atoms with Crippen LogP contribution in [0.15, 0.2) is 64.2 Å². The average molecular weight is 395 g/mol. The molecule has 0 atom stereocenters. The molecule has 1 aliphatic rings. The second-order valence-electron chi connectivity index (χ2n) is 6.79. The molecule has 1 amide bonds. The number of nitrogens with zero attached hydrogens (tertiary/aromatic N) is 2. The van der Waals surface area contributed by atoms with Gasteiger partial charge in [-0.2, -0.15) is 0 Å². The van der Waals surface area contributed by atoms with E-state index in [1.807, 2.05) is 42.5 Å². The maximum absolute atomic E-state index is 12.3. The van der Waals surface area contributed by atoms with Crippen LogP contribution in [0.1, 0.15) is 18.4 Å². The highest BCUT2D eigenvalue weighted by molar-refractivity contribution is 7.99. The minimum atomic E-state index is -0.0377. The molecule has 0 unspecified atom stereocenters. The predicted molar refractivity (Wildman–Crippen MR) is 107 cm³/mol. The summed E-state index contributed by atoms with van der Waals surface area (Å²) in [5, 5.41) is 11.5. The van der Waals surface area contributed by atoms with Crippen LogP contribution in [0.3, 0.4) is 0 Å². The molecule has 144 valence electrons. The number of carbonyl (C=O) groups excluding carboxylic acids is 1. The van der Waals surface area contributed by atoms with Crippen molar-refractivity contribution in [3.8, 4) is 17.2 Å². The summed E-state index contributed by atoms with van der Waals surface area (Å²) in [6, 6.07) is 17.8. The topological polar surface area (TPSA) is 77.2 Å². The number of aromatic nitrogens is 2. The molecule has 1 aromatic heterocycles. The Balaban J connectivity index is 1.31. The Morgan fingerprint density at radius 3 is 2.64 bits per heavy atom. The number of benzene rings is 2. The Morgan fingerprint density at radius 1 is 1.14 bits per heavy atom. The van der Waals surface area contributed by atoms with Gasteiger partial charge in [0.1, 0.15) is 5.75 Å². The highest BCUT2D eigenvalue weighted by Gasteiger charge is 2.44. The molecule has 1 heterocycles. The van der Waals surface area contributed by atoms with Gasteiger partial charge >= 0.3 is 0 Å². The van der Waals surface area contributed by atoms with E-state index < -0.39 is 0 Å². The summed E-state index contributed by atoms with van der Waals surface area (Å²) < 4.78 is 11.0. The van der Waals surface area contributed by atoms with E-state index in [9.17, 15) is 4.79 Å². The van der Waals surface area contributed by atoms with Gasteiger partial charge in [0.2, 0.25) is 5.91 Å². The van der Waals surface area contributed by atoms with Gasteiger partial charge in [0.15, 0.2) is 0 Å². The van der Waals surface area contributed by atoms with Crippen molar-refractivity contribution in [2.75, 3.05) is 19.4 Å². The predicted octanol–water partition coefficient (Wildman–Crippen LogP) is 3.69. The fraction of sp³-hybridized carbons (Fsp3) is 0.286. The van der Waals surface area contributed by atoms with Crippen molar-refractivity contribution in [3.05, 3.63) is 60.2 Å². The van der Waals surface area contributed by atoms with Gasteiger partial charge in [0, 0.05) is 12.0 Å². The van der Waals surface area contributed by atoms with E-state index in [4.69, 9.17) is 9.15 Å². The first kappa shape index (κ1) is 18.6. The molecule has 7 heteroatoms. The van der Waals surface area contributed by atoms with E-state index in [0.717, 1.165) is 18.4 Å². The van der Waals surface area contributed by atoms with Crippen LogP contribution in [0.25, 0.3) is 11.5 Å². The lowest BCUT2D eigenvalue weighted by molar-refractivity contribution is -0.118. The molecule has 6 nitrogen and oxygen atoms in total. The van der Waals surface area contributed by atoms with Crippen molar-refractivity contribution in [1.82, 2.24) is 15.5 Å². The zero-order chi connectivity index (χ0) is 19.4. The average Bonchev–Trinajstić information content (AvgIpc) is 3.40. The molecule has 3 aromatic rings. The first-order chi connectivity index (χ1) is 13.7. The van der Waals surface area contributed by atoms with E-state index in [0.29, 0.717) is 23.4 Å². The molecule has 0 saturated heterocycles. The highest BCUT2D eigenvalue weighted by atomic mass is 32.2. The van der Waals surface area contributed by atoms with Crippen LogP contribution in [0.4, 0.5) is 0 Å². The maximum Gasteiger partial charge on any atom is 0.277 e. The summed E-state index contributed by atoms with van der Waals surface area (Å²) in [7, 11) is 1.59. The largest absolute Gasteiger partial charge is 0.496 e. The van der Waals surface area contributed by atoms with Gasteiger partial charge in [0.25, 0.3) is 11.1 Å². The molecule has 1 N–H and O–H groups in total. The lowest BCUT2D eigenvalue weighted by Crippen LogP contribution is -2.33. The first-order valence-electron chi connectivity index (χ1n) is 9.12. The molecule has 0 aliphatic heterocycles. The molecule has 4 rings (SSSR count). The van der Waals surface area contributed by atoms with Gasteiger partial charge in [-0.3, -0.25) is 4.79 Å². The quantitative estimate of drug-likeness (QED) is 0.586. The molecule has 0 radical (unpaired) electrons. The third-order valence-corrected chi connectivity index (χ3v) is 5.75. The number of ether oxygens (including phenoxy) is 1. The summed E-state index contributed by atoms with van der Waals surface area (Å²) in [6.07, 6.45) is 2.22. The van der Waals surface area contributed by atoms with Crippen LogP contribution >= 0.6 is 11.8 Å². The number of hydrogen-bond donors (Lipinski definition) is 1. The molecule has 28 heavy (non-hydrogen) atoms. The minimum Gasteiger partial charge on any atom is -0.496 e. The van der Waals surface area contributed by atoms with Crippen LogP contribution in [0.2, 0.25) is 0 Å². The van der Waals surface area contributed by atoms with Gasteiger partial charge in [-0.25, -0.2) is 0 Å². The van der Waals surface area contributed by atoms with Crippen molar-refractivity contribution >= 4 is 17.7 Å². The molecule has 1 aliphatic carbocycles. The smallest absolute Gasteiger partial charge is 0.277 e. The van der Waals surface area contributed by atoms with Crippen LogP contribution in [0, 0.1) is 0 Å². The van der Waals surface area contributed by atoms with Crippen molar-refractivity contribution in [2.24, 2.45) is 0 Å². The van der Waals surface area contributed by atoms with Crippen LogP contribution in [0.5, 0.6) is 5.75 Å². The van der Waals surface area contributed by atoms with Gasteiger partial charge in [0.05, 0.1) is 18.4 Å². The Hall–Kier alpha value is -2.80. The Morgan fingerprint density at radius 2 is 1.89 bits per heavy atom. The Labute approximate surface area is 167 Å². The lowest BCUT2D eigenvalue weighted by Gasteiger charge is -2.16. The van der Waals surface area contributed by atoms with E-state index in [1.54, 1.807) is 7.11 Å². The SMILES string of the molecule is COc1ccccc1-c1nnc(SCC(=O)NCC2(c3ccccc3)CC2)o1. The van der Waals surface area contributed by atoms with Crippen molar-refractivity contribution < 1.29 is 13.9 Å². The second kappa shape index (κ2) is 8.06. The Bertz CT molecular complexity index is 954. The molecule has 1 fully saturated rings. The number of hydrogen-bond acceptors (Lipinski definition) is 6. The monoisotopic (exact) mass is 395 g/mol. The van der Waals surface area contributed by atoms with Crippen molar-refractivity contribution in [2.45, 2.75) is 23.5 Å². The van der Waals surface area contributed by atoms with Gasteiger partial charge in [-0.05, 0) is 30.5 Å². The summed E-state index contributed by atoms with van der Waals surface area (Å²) >= 11 is 1.23. The third kappa shape index (κ3) is 4.04. The molecular formula is C21H21N3O3S. The maximum atomic E-state index is 12.3. The van der Waals surface area contributed by atoms with E-state index >= 15 is 0 Å². The molecule has 1 saturated carbocycles. The van der Waals surface area contributed by atoms with Gasteiger partial charge in [-0.1, -0.05) is 54.2 Å². The second-order valence-corrected chi connectivity index (χ2v) is 7.71. The highest BCUT2D eigenvalue weighted by Crippen LogP contribution is 2.47. The zero-order valence-electron chi connectivity index (χ0n) is 15.6. The number of thioether (sulfide) groups is 1. The fourth-order valence-electron chi connectivity index (χ4n) is 3.15. The van der Waals surface area contributed by atoms with E-state index in [-0.39, 0.29) is 17.1 Å². The third-order valence-electron chi connectivity index (χ3n) is 4.93. The van der Waals surface area contributed by atoms with Gasteiger partial charge in [-0.15, -0.1) is 10.2 Å². The lowest BCUT2D eigenvalue weighted by atomic mass is 9.96. The fourth-order valence-corrected chi connectivity index (χ4v) is 3.75. The summed E-state index contributed by atoms with van der Waals surface area (Å²) in [5.74, 6) is 1.24. The van der Waals surface area contributed by atoms with Crippen molar-refractivity contribution in [3.63, 3.8) is 0 Å². The summed E-state index contributed by atoms with van der Waals surface area (Å²) in [4.78, 5) is 12.3. The normalized spacial score (nSPS) is 14.5. The molecule has 2 aromatic carbocycles. The minimum absolute atomic E-state index is 0.0377. The number of methoxy groups -OCH3 is 1. The van der Waals surface area contributed by atoms with E-state index in [1.165, 1.54) is 17.3 Å². The van der Waals surface area contributed by atoms with Crippen LogP contribution in [-0.2, 0) is 10.2 Å². The number of nitrogens with one attached hydrogen (secondary N) is 1. The molecular weight excluding hydrogens is 374 g/mol. The number of rotatable bonds is 8. The summed E-state index contributed by atoms with van der Waals surface area (Å²) in [5.41, 5.74) is 2.12. The van der Waals surface area contributed by atoms with Crippen LogP contribution in [-0.4, -0.2) is 35.5 Å².